The van der Waals surface area contributed by atoms with Gasteiger partial charge >= 0.3 is 0 Å². The molecule has 3 nitrogen and oxygen atoms in total. The van der Waals surface area contributed by atoms with Crippen LogP contribution in [0.3, 0.4) is 0 Å². The molecule has 3 N–H and O–H groups in total. The van der Waals surface area contributed by atoms with Crippen molar-refractivity contribution in [1.29, 1.82) is 0 Å². The summed E-state index contributed by atoms with van der Waals surface area (Å²) in [5.74, 6) is 0. The van der Waals surface area contributed by atoms with E-state index in [-0.39, 0.29) is 18.4 Å². The smallest absolute Gasteiger partial charge is 0.0773 e. The molecule has 4 heteroatoms. The molecule has 0 unspecified atom stereocenters. The number of aliphatic hydroxyl groups excluding tert-OH is 1. The monoisotopic (exact) mass is 332 g/mol. The van der Waals surface area contributed by atoms with E-state index in [2.05, 4.69) is 17.0 Å². The van der Waals surface area contributed by atoms with Gasteiger partial charge in [0.15, 0.2) is 0 Å². The Labute approximate surface area is 144 Å². The summed E-state index contributed by atoms with van der Waals surface area (Å²) < 4.78 is 0. The van der Waals surface area contributed by atoms with Gasteiger partial charge in [-0.1, -0.05) is 42.5 Å². The van der Waals surface area contributed by atoms with E-state index in [1.807, 2.05) is 42.5 Å². The highest BCUT2D eigenvalue weighted by atomic mass is 35.5. The Balaban J connectivity index is 0.00000192. The van der Waals surface area contributed by atoms with Crippen molar-refractivity contribution >= 4 is 18.1 Å². The number of anilines is 1. The third-order valence-electron chi connectivity index (χ3n) is 4.45. The van der Waals surface area contributed by atoms with Crippen molar-refractivity contribution < 1.29 is 5.11 Å². The van der Waals surface area contributed by atoms with Gasteiger partial charge in [0.2, 0.25) is 0 Å². The molecular formula is C19H25ClN2O. The fourth-order valence-corrected chi connectivity index (χ4v) is 3.09. The molecule has 0 aliphatic carbocycles. The minimum absolute atomic E-state index is 0. The number of aliphatic hydroxyl groups is 1. The lowest BCUT2D eigenvalue weighted by atomic mass is 9.96. The Morgan fingerprint density at radius 3 is 2.17 bits per heavy atom. The third kappa shape index (κ3) is 4.47. The van der Waals surface area contributed by atoms with Crippen molar-refractivity contribution in [3.63, 3.8) is 0 Å². The van der Waals surface area contributed by atoms with Crippen LogP contribution < -0.4 is 10.6 Å². The van der Waals surface area contributed by atoms with Crippen LogP contribution >= 0.6 is 12.4 Å². The molecule has 0 spiro atoms. The molecule has 3 rings (SSSR count). The number of nitrogens with zero attached hydrogens (tertiary/aromatic N) is 1. The topological polar surface area (TPSA) is 49.5 Å². The van der Waals surface area contributed by atoms with Crippen molar-refractivity contribution in [1.82, 2.24) is 0 Å². The van der Waals surface area contributed by atoms with Crippen molar-refractivity contribution in [3.05, 3.63) is 65.7 Å². The standard InChI is InChI=1S/C19H24N2O.ClH/c20-19(18(22)14-15-6-2-1-3-7-15)16-8-10-17(11-9-16)21-12-4-5-13-21;/h1-3,6-11,18-19,22H,4-5,12-14,20H2;1H/t18-,19+;/m1./s1. The summed E-state index contributed by atoms with van der Waals surface area (Å²) >= 11 is 0. The van der Waals surface area contributed by atoms with Crippen LogP contribution in [-0.2, 0) is 6.42 Å². The first-order valence-corrected chi connectivity index (χ1v) is 8.06. The zero-order chi connectivity index (χ0) is 15.4. The molecule has 2 aromatic rings. The quantitative estimate of drug-likeness (QED) is 0.883. The Morgan fingerprint density at radius 1 is 0.957 bits per heavy atom. The highest BCUT2D eigenvalue weighted by Gasteiger charge is 2.18. The van der Waals surface area contributed by atoms with E-state index in [4.69, 9.17) is 5.73 Å². The lowest BCUT2D eigenvalue weighted by Crippen LogP contribution is -2.28. The van der Waals surface area contributed by atoms with E-state index in [0.717, 1.165) is 24.2 Å². The Kier molecular flexibility index (Phi) is 6.46. The second-order valence-electron chi connectivity index (χ2n) is 6.07. The fraction of sp³-hybridized carbons (Fsp3) is 0.368. The van der Waals surface area contributed by atoms with Gasteiger partial charge in [0, 0.05) is 25.2 Å². The predicted octanol–water partition coefficient (Wildman–Crippen LogP) is 3.31. The number of hydrogen-bond acceptors (Lipinski definition) is 3. The van der Waals surface area contributed by atoms with Gasteiger partial charge < -0.3 is 15.7 Å². The molecule has 2 aromatic carbocycles. The predicted molar refractivity (Wildman–Crippen MR) is 98.2 cm³/mol. The van der Waals surface area contributed by atoms with Crippen LogP contribution in [0.15, 0.2) is 54.6 Å². The first-order valence-electron chi connectivity index (χ1n) is 8.06. The lowest BCUT2D eigenvalue weighted by Gasteiger charge is -2.22. The van der Waals surface area contributed by atoms with Gasteiger partial charge in [-0.25, -0.2) is 0 Å². The highest BCUT2D eigenvalue weighted by molar-refractivity contribution is 5.85. The molecule has 1 fully saturated rings. The summed E-state index contributed by atoms with van der Waals surface area (Å²) in [5, 5.41) is 10.4. The summed E-state index contributed by atoms with van der Waals surface area (Å²) in [6.07, 6.45) is 2.56. The molecule has 1 heterocycles. The van der Waals surface area contributed by atoms with E-state index in [0.29, 0.717) is 6.42 Å². The van der Waals surface area contributed by atoms with Gasteiger partial charge in [-0.05, 0) is 36.1 Å². The fourth-order valence-electron chi connectivity index (χ4n) is 3.09. The van der Waals surface area contributed by atoms with Crippen molar-refractivity contribution in [2.24, 2.45) is 5.73 Å². The van der Waals surface area contributed by atoms with Crippen LogP contribution in [-0.4, -0.2) is 24.3 Å². The highest BCUT2D eigenvalue weighted by Crippen LogP contribution is 2.24. The van der Waals surface area contributed by atoms with Crippen molar-refractivity contribution in [3.8, 4) is 0 Å². The summed E-state index contributed by atoms with van der Waals surface area (Å²) in [5.41, 5.74) is 9.58. The van der Waals surface area contributed by atoms with Crippen LogP contribution in [0, 0.1) is 0 Å². The molecule has 1 saturated heterocycles. The SMILES string of the molecule is Cl.N[C@@H](c1ccc(N2CCCC2)cc1)[C@H](O)Cc1ccccc1. The molecule has 0 bridgehead atoms. The van der Waals surface area contributed by atoms with E-state index in [1.165, 1.54) is 18.5 Å². The van der Waals surface area contributed by atoms with Gasteiger partial charge in [-0.3, -0.25) is 0 Å². The summed E-state index contributed by atoms with van der Waals surface area (Å²) in [6.45, 7) is 2.28. The number of rotatable bonds is 5. The molecule has 23 heavy (non-hydrogen) atoms. The van der Waals surface area contributed by atoms with E-state index >= 15 is 0 Å². The zero-order valence-corrected chi connectivity index (χ0v) is 14.1. The maximum absolute atomic E-state index is 10.4. The Hall–Kier alpha value is -1.55. The maximum Gasteiger partial charge on any atom is 0.0773 e. The molecule has 2 atom stereocenters. The molecular weight excluding hydrogens is 308 g/mol. The molecule has 0 radical (unpaired) electrons. The average Bonchev–Trinajstić information content (AvgIpc) is 3.10. The van der Waals surface area contributed by atoms with Crippen LogP contribution in [0.2, 0.25) is 0 Å². The first kappa shape index (κ1) is 17.8. The number of nitrogens with two attached hydrogens (primary N) is 1. The molecule has 1 aliphatic heterocycles. The molecule has 0 amide bonds. The van der Waals surface area contributed by atoms with Crippen LogP contribution in [0.4, 0.5) is 5.69 Å². The van der Waals surface area contributed by atoms with Gasteiger partial charge in [-0.2, -0.15) is 0 Å². The van der Waals surface area contributed by atoms with Gasteiger partial charge in [0.1, 0.15) is 0 Å². The average molecular weight is 333 g/mol. The van der Waals surface area contributed by atoms with E-state index < -0.39 is 6.10 Å². The van der Waals surface area contributed by atoms with Crippen molar-refractivity contribution in [2.75, 3.05) is 18.0 Å². The van der Waals surface area contributed by atoms with Gasteiger partial charge in [0.25, 0.3) is 0 Å². The molecule has 124 valence electrons. The van der Waals surface area contributed by atoms with E-state index in [9.17, 15) is 5.11 Å². The van der Waals surface area contributed by atoms with Crippen LogP contribution in [0.1, 0.15) is 30.0 Å². The van der Waals surface area contributed by atoms with Crippen LogP contribution in [0.5, 0.6) is 0 Å². The maximum atomic E-state index is 10.4. The number of benzene rings is 2. The third-order valence-corrected chi connectivity index (χ3v) is 4.45. The van der Waals surface area contributed by atoms with Crippen LogP contribution in [0.25, 0.3) is 0 Å². The molecule has 0 saturated carbocycles. The van der Waals surface area contributed by atoms with Gasteiger partial charge in [0.05, 0.1) is 12.1 Å². The first-order chi connectivity index (χ1) is 10.7. The Bertz CT molecular complexity index is 582. The summed E-state index contributed by atoms with van der Waals surface area (Å²) in [7, 11) is 0. The summed E-state index contributed by atoms with van der Waals surface area (Å²) in [6, 6.07) is 18.0. The summed E-state index contributed by atoms with van der Waals surface area (Å²) in [4.78, 5) is 2.40. The largest absolute Gasteiger partial charge is 0.391 e. The van der Waals surface area contributed by atoms with Crippen molar-refractivity contribution in [2.45, 2.75) is 31.4 Å². The normalized spacial score (nSPS) is 16.7. The second-order valence-corrected chi connectivity index (χ2v) is 6.07. The molecule has 1 aliphatic rings. The van der Waals surface area contributed by atoms with Gasteiger partial charge in [-0.15, -0.1) is 12.4 Å². The molecule has 0 aromatic heterocycles. The second kappa shape index (κ2) is 8.34. The lowest BCUT2D eigenvalue weighted by molar-refractivity contribution is 0.145. The Morgan fingerprint density at radius 2 is 1.57 bits per heavy atom. The minimum atomic E-state index is -0.569. The number of hydrogen-bond donors (Lipinski definition) is 2. The van der Waals surface area contributed by atoms with E-state index in [1.54, 1.807) is 0 Å². The number of halogens is 1. The minimum Gasteiger partial charge on any atom is -0.391 e. The zero-order valence-electron chi connectivity index (χ0n) is 13.3.